The third-order valence-corrected chi connectivity index (χ3v) is 6.92. The van der Waals surface area contributed by atoms with Crippen molar-refractivity contribution in [2.24, 2.45) is 0 Å². The molecule has 9 nitrogen and oxygen atoms in total. The van der Waals surface area contributed by atoms with Gasteiger partial charge in [-0.1, -0.05) is 0 Å². The number of hydrogen-bond donors (Lipinski definition) is 3. The summed E-state index contributed by atoms with van der Waals surface area (Å²) >= 11 is 0. The maximum absolute atomic E-state index is 12.3. The average Bonchev–Trinajstić information content (AvgIpc) is 3.13. The fraction of sp³-hybridized carbons (Fsp3) is 0.500. The van der Waals surface area contributed by atoms with E-state index in [4.69, 9.17) is 14.6 Å². The number of nitrogens with zero attached hydrogens (tertiary/aromatic N) is 4. The molecule has 0 aliphatic heterocycles. The average molecular weight is 459 g/mol. The summed E-state index contributed by atoms with van der Waals surface area (Å²) in [6, 6.07) is 5.73. The van der Waals surface area contributed by atoms with Gasteiger partial charge in [-0.15, -0.1) is 5.10 Å². The Morgan fingerprint density at radius 1 is 1.31 bits per heavy atom. The van der Waals surface area contributed by atoms with Gasteiger partial charge in [0.15, 0.2) is 0 Å². The van der Waals surface area contributed by atoms with Crippen LogP contribution in [0.2, 0.25) is 0 Å². The van der Waals surface area contributed by atoms with E-state index in [0.717, 1.165) is 48.0 Å². The van der Waals surface area contributed by atoms with E-state index in [1.165, 1.54) is 6.26 Å². The monoisotopic (exact) mass is 458 g/mol. The van der Waals surface area contributed by atoms with Crippen molar-refractivity contribution >= 4 is 21.2 Å². The molecule has 3 aromatic heterocycles. The number of aliphatic hydroxyl groups is 1. The standard InChI is InChI=1S/C22H30N6O3S/c1-14(13-31-2)26-22-25-12-20-18(16-8-9-24-21(10-16)32(3,23)30)11-19(28(20)27-22)15-4-6-17(29)7-5-15/h8-12,14-15,17,23,29H,4-7,13H2,1-3H3,(H,26,27)/t14-,15?,17?,32-/m0/s1. The minimum Gasteiger partial charge on any atom is -0.393 e. The Labute approximate surface area is 188 Å². The van der Waals surface area contributed by atoms with Crippen molar-refractivity contribution in [2.45, 2.75) is 55.7 Å². The molecule has 10 heteroatoms. The van der Waals surface area contributed by atoms with Gasteiger partial charge in [0.25, 0.3) is 0 Å². The number of hydrogen-bond acceptors (Lipinski definition) is 8. The number of nitrogens with one attached hydrogen (secondary N) is 2. The SMILES string of the molecule is COC[C@H](C)Nc1ncc2c(-c3ccnc([S@@](C)(=N)=O)c3)cc(C3CCC(O)CC3)n2n1. The van der Waals surface area contributed by atoms with Crippen LogP contribution in [0, 0.1) is 4.78 Å². The number of methoxy groups -OCH3 is 1. The van der Waals surface area contributed by atoms with Crippen molar-refractivity contribution in [2.75, 3.05) is 25.3 Å². The van der Waals surface area contributed by atoms with E-state index >= 15 is 0 Å². The largest absolute Gasteiger partial charge is 0.393 e. The lowest BCUT2D eigenvalue weighted by Gasteiger charge is -2.25. The molecule has 0 amide bonds. The van der Waals surface area contributed by atoms with Crippen molar-refractivity contribution < 1.29 is 14.1 Å². The van der Waals surface area contributed by atoms with Crippen LogP contribution in [0.1, 0.15) is 44.2 Å². The van der Waals surface area contributed by atoms with Crippen LogP contribution in [-0.4, -0.2) is 61.0 Å². The van der Waals surface area contributed by atoms with Gasteiger partial charge in [0.2, 0.25) is 5.95 Å². The molecule has 0 bridgehead atoms. The van der Waals surface area contributed by atoms with Crippen molar-refractivity contribution in [1.29, 1.82) is 4.78 Å². The van der Waals surface area contributed by atoms with Gasteiger partial charge in [0.1, 0.15) is 5.03 Å². The van der Waals surface area contributed by atoms with Gasteiger partial charge < -0.3 is 15.2 Å². The number of pyridine rings is 1. The maximum atomic E-state index is 12.3. The third kappa shape index (κ3) is 4.77. The molecule has 1 fully saturated rings. The van der Waals surface area contributed by atoms with E-state index < -0.39 is 9.73 Å². The molecule has 0 radical (unpaired) electrons. The van der Waals surface area contributed by atoms with Crippen LogP contribution in [0.25, 0.3) is 16.6 Å². The molecule has 0 saturated heterocycles. The van der Waals surface area contributed by atoms with E-state index in [1.807, 2.05) is 17.5 Å². The third-order valence-electron chi connectivity index (χ3n) is 5.90. The predicted molar refractivity (Wildman–Crippen MR) is 123 cm³/mol. The predicted octanol–water partition coefficient (Wildman–Crippen LogP) is 3.29. The van der Waals surface area contributed by atoms with Gasteiger partial charge in [0, 0.05) is 42.8 Å². The Hall–Kier alpha value is -2.56. The molecule has 0 spiro atoms. The van der Waals surface area contributed by atoms with Crippen LogP contribution in [-0.2, 0) is 14.5 Å². The molecule has 0 aromatic carbocycles. The van der Waals surface area contributed by atoms with E-state index in [2.05, 4.69) is 21.4 Å². The topological polar surface area (TPSA) is 125 Å². The Kier molecular flexibility index (Phi) is 6.45. The van der Waals surface area contributed by atoms with Crippen molar-refractivity contribution in [3.8, 4) is 11.1 Å². The van der Waals surface area contributed by atoms with Crippen molar-refractivity contribution in [1.82, 2.24) is 19.6 Å². The number of anilines is 1. The molecule has 2 atom stereocenters. The van der Waals surface area contributed by atoms with Crippen LogP contribution >= 0.6 is 0 Å². The highest BCUT2D eigenvalue weighted by molar-refractivity contribution is 7.91. The molecule has 32 heavy (non-hydrogen) atoms. The van der Waals surface area contributed by atoms with Crippen LogP contribution in [0.15, 0.2) is 35.6 Å². The van der Waals surface area contributed by atoms with Gasteiger partial charge in [-0.05, 0) is 56.4 Å². The van der Waals surface area contributed by atoms with Crippen LogP contribution in [0.3, 0.4) is 0 Å². The summed E-state index contributed by atoms with van der Waals surface area (Å²) in [6.45, 7) is 2.54. The van der Waals surface area contributed by atoms with Gasteiger partial charge in [0.05, 0.1) is 34.2 Å². The molecule has 3 heterocycles. The Morgan fingerprint density at radius 3 is 2.75 bits per heavy atom. The number of rotatable bonds is 7. The summed E-state index contributed by atoms with van der Waals surface area (Å²) in [7, 11) is -1.27. The molecule has 4 rings (SSSR count). The zero-order chi connectivity index (χ0) is 22.9. The molecular formula is C22H30N6O3S. The molecule has 3 N–H and O–H groups in total. The van der Waals surface area contributed by atoms with Gasteiger partial charge in [-0.3, -0.25) is 0 Å². The van der Waals surface area contributed by atoms with E-state index in [-0.39, 0.29) is 23.1 Å². The summed E-state index contributed by atoms with van der Waals surface area (Å²) in [6.07, 6.45) is 7.82. The number of aliphatic hydroxyl groups excluding tert-OH is 1. The van der Waals surface area contributed by atoms with Gasteiger partial charge >= 0.3 is 0 Å². The Morgan fingerprint density at radius 2 is 2.06 bits per heavy atom. The lowest BCUT2D eigenvalue weighted by Crippen LogP contribution is -2.23. The molecule has 0 unspecified atom stereocenters. The number of ether oxygens (including phenoxy) is 1. The fourth-order valence-electron chi connectivity index (χ4n) is 4.28. The molecule has 1 aliphatic rings. The summed E-state index contributed by atoms with van der Waals surface area (Å²) in [5.41, 5.74) is 3.64. The molecule has 1 saturated carbocycles. The van der Waals surface area contributed by atoms with Crippen LogP contribution < -0.4 is 5.32 Å². The Balaban J connectivity index is 1.81. The minimum atomic E-state index is -2.93. The second-order valence-corrected chi connectivity index (χ2v) is 10.7. The summed E-state index contributed by atoms with van der Waals surface area (Å²) in [4.78, 5) is 8.64. The van der Waals surface area contributed by atoms with Crippen molar-refractivity contribution in [3.05, 3.63) is 36.3 Å². The molecule has 3 aromatic rings. The summed E-state index contributed by atoms with van der Waals surface area (Å²) in [5, 5.41) is 18.3. The fourth-order valence-corrected chi connectivity index (χ4v) is 4.89. The lowest BCUT2D eigenvalue weighted by molar-refractivity contribution is 0.121. The highest BCUT2D eigenvalue weighted by Crippen LogP contribution is 2.37. The van der Waals surface area contributed by atoms with Crippen LogP contribution in [0.4, 0.5) is 5.95 Å². The van der Waals surface area contributed by atoms with Crippen LogP contribution in [0.5, 0.6) is 0 Å². The summed E-state index contributed by atoms with van der Waals surface area (Å²) < 4.78 is 27.3. The quantitative estimate of drug-likeness (QED) is 0.496. The first-order chi connectivity index (χ1) is 15.3. The second-order valence-electron chi connectivity index (χ2n) is 8.59. The van der Waals surface area contributed by atoms with Crippen molar-refractivity contribution in [3.63, 3.8) is 0 Å². The smallest absolute Gasteiger partial charge is 0.241 e. The zero-order valence-electron chi connectivity index (χ0n) is 18.6. The zero-order valence-corrected chi connectivity index (χ0v) is 19.4. The Bertz CT molecular complexity index is 1200. The lowest BCUT2D eigenvalue weighted by atomic mass is 9.85. The van der Waals surface area contributed by atoms with Gasteiger partial charge in [-0.2, -0.15) is 0 Å². The number of fused-ring (bicyclic) bond motifs is 1. The normalized spacial score (nSPS) is 21.9. The molecule has 1 aliphatic carbocycles. The highest BCUT2D eigenvalue weighted by Gasteiger charge is 2.26. The highest BCUT2D eigenvalue weighted by atomic mass is 32.2. The minimum absolute atomic E-state index is 0.0540. The van der Waals surface area contributed by atoms with E-state index in [9.17, 15) is 9.32 Å². The molecular weight excluding hydrogens is 428 g/mol. The number of aromatic nitrogens is 4. The summed E-state index contributed by atoms with van der Waals surface area (Å²) in [5.74, 6) is 0.783. The molecule has 172 valence electrons. The first-order valence-corrected chi connectivity index (χ1v) is 12.8. The van der Waals surface area contributed by atoms with E-state index in [0.29, 0.717) is 12.6 Å². The first-order valence-electron chi connectivity index (χ1n) is 10.8. The second kappa shape index (κ2) is 9.13. The maximum Gasteiger partial charge on any atom is 0.241 e. The van der Waals surface area contributed by atoms with E-state index in [1.54, 1.807) is 25.6 Å². The van der Waals surface area contributed by atoms with Gasteiger partial charge in [-0.25, -0.2) is 23.5 Å². The first kappa shape index (κ1) is 22.6.